The van der Waals surface area contributed by atoms with Crippen molar-refractivity contribution in [2.24, 2.45) is 4.99 Å². The summed E-state index contributed by atoms with van der Waals surface area (Å²) >= 11 is 1.23. The number of alkyl halides is 6. The monoisotopic (exact) mass is 602 g/mol. The molecule has 0 saturated carbocycles. The Morgan fingerprint density at radius 2 is 1.71 bits per heavy atom. The average molecular weight is 603 g/mol. The molecule has 1 amide bonds. The Morgan fingerprint density at radius 3 is 2.34 bits per heavy atom. The second-order valence-corrected chi connectivity index (χ2v) is 10.5. The number of thioether (sulfide) groups is 1. The molecule has 2 fully saturated rings. The first-order valence-electron chi connectivity index (χ1n) is 12.5. The van der Waals surface area contributed by atoms with Gasteiger partial charge in [-0.1, -0.05) is 12.1 Å². The van der Waals surface area contributed by atoms with Crippen LogP contribution in [0.15, 0.2) is 46.3 Å². The normalized spacial score (nSPS) is 20.2. The molecule has 0 N–H and O–H groups in total. The number of hydrogen-bond acceptors (Lipinski definition) is 7. The number of methoxy groups -OCH3 is 1. The second kappa shape index (κ2) is 11.2. The van der Waals surface area contributed by atoms with Crippen LogP contribution in [0, 0.1) is 0 Å². The van der Waals surface area contributed by atoms with Crippen LogP contribution in [0.3, 0.4) is 0 Å². The number of ether oxygens (including phenoxy) is 4. The molecule has 0 aliphatic carbocycles. The number of carbonyl (C=O) groups is 1. The van der Waals surface area contributed by atoms with Crippen LogP contribution in [0.5, 0.6) is 11.5 Å². The molecule has 3 aliphatic rings. The van der Waals surface area contributed by atoms with Gasteiger partial charge in [0.15, 0.2) is 22.5 Å². The van der Waals surface area contributed by atoms with Gasteiger partial charge in [0.2, 0.25) is 0 Å². The summed E-state index contributed by atoms with van der Waals surface area (Å²) < 4.78 is 102. The standard InChI is InChI=1S/C27H24F6N2O5S/c1-37-21-12-16(13-22-23(36)34-24(41-22)35-8-6-25(7-9-35)39-10-11-40-25)2-5-20(21)38-15-17-3-4-18(26(28,29)30)14-19(17)27(31,32)33/h2-5,12-14H,6-11,15H2,1H3/b22-13+. The van der Waals surface area contributed by atoms with Gasteiger partial charge in [-0.2, -0.15) is 31.3 Å². The number of hydrogen-bond donors (Lipinski definition) is 0. The number of piperidine rings is 1. The molecule has 0 aromatic heterocycles. The van der Waals surface area contributed by atoms with Crippen LogP contribution >= 0.6 is 11.8 Å². The van der Waals surface area contributed by atoms with Gasteiger partial charge in [-0.3, -0.25) is 4.79 Å². The highest BCUT2D eigenvalue weighted by Gasteiger charge is 2.42. The van der Waals surface area contributed by atoms with Gasteiger partial charge < -0.3 is 23.8 Å². The number of nitrogens with zero attached hydrogens (tertiary/aromatic N) is 2. The number of halogens is 6. The van der Waals surface area contributed by atoms with Crippen LogP contribution in [0.2, 0.25) is 0 Å². The Bertz CT molecular complexity index is 1380. The number of amides is 1. The Hall–Kier alpha value is -3.23. The van der Waals surface area contributed by atoms with Gasteiger partial charge in [-0.05, 0) is 47.7 Å². The van der Waals surface area contributed by atoms with Crippen molar-refractivity contribution < 1.29 is 50.1 Å². The first-order chi connectivity index (χ1) is 19.4. The number of likely N-dealkylation sites (tertiary alicyclic amines) is 1. The molecule has 1 spiro atoms. The minimum Gasteiger partial charge on any atom is -0.493 e. The maximum absolute atomic E-state index is 13.5. The predicted molar refractivity (Wildman–Crippen MR) is 137 cm³/mol. The molecule has 220 valence electrons. The molecule has 0 atom stereocenters. The predicted octanol–water partition coefficient (Wildman–Crippen LogP) is 6.12. The molecule has 0 bridgehead atoms. The zero-order chi connectivity index (χ0) is 29.4. The van der Waals surface area contributed by atoms with Crippen LogP contribution in [0.25, 0.3) is 6.08 Å². The van der Waals surface area contributed by atoms with E-state index in [1.54, 1.807) is 12.1 Å². The molecule has 2 aromatic carbocycles. The summed E-state index contributed by atoms with van der Waals surface area (Å²) in [5.74, 6) is -0.720. The van der Waals surface area contributed by atoms with Crippen LogP contribution in [-0.2, 0) is 33.2 Å². The molecular formula is C27H24F6N2O5S. The van der Waals surface area contributed by atoms with E-state index in [9.17, 15) is 31.1 Å². The summed E-state index contributed by atoms with van der Waals surface area (Å²) in [4.78, 5) is 19.2. The number of aliphatic imine (C=N–C) groups is 1. The van der Waals surface area contributed by atoms with Crippen molar-refractivity contribution in [3.8, 4) is 11.5 Å². The van der Waals surface area contributed by atoms with Gasteiger partial charge in [-0.15, -0.1) is 0 Å². The van der Waals surface area contributed by atoms with Gasteiger partial charge in [-0.25, -0.2) is 0 Å². The summed E-state index contributed by atoms with van der Waals surface area (Å²) in [7, 11) is 1.33. The number of carbonyl (C=O) groups excluding carboxylic acids is 1. The van der Waals surface area contributed by atoms with E-state index < -0.39 is 47.3 Å². The largest absolute Gasteiger partial charge is 0.493 e. The fourth-order valence-electron chi connectivity index (χ4n) is 4.70. The Balaban J connectivity index is 1.26. The van der Waals surface area contributed by atoms with Gasteiger partial charge in [0.05, 0.1) is 36.4 Å². The highest BCUT2D eigenvalue weighted by atomic mass is 32.2. The smallest absolute Gasteiger partial charge is 0.416 e. The molecular weight excluding hydrogens is 578 g/mol. The van der Waals surface area contributed by atoms with E-state index in [1.807, 2.05) is 4.90 Å². The zero-order valence-electron chi connectivity index (χ0n) is 21.6. The van der Waals surface area contributed by atoms with Crippen molar-refractivity contribution >= 4 is 28.9 Å². The molecule has 5 rings (SSSR count). The van der Waals surface area contributed by atoms with E-state index in [0.29, 0.717) is 60.8 Å². The van der Waals surface area contributed by atoms with Gasteiger partial charge in [0, 0.05) is 31.5 Å². The highest BCUT2D eigenvalue weighted by Crippen LogP contribution is 2.39. The van der Waals surface area contributed by atoms with E-state index in [4.69, 9.17) is 18.9 Å². The summed E-state index contributed by atoms with van der Waals surface area (Å²) in [6.07, 6.45) is -7.00. The quantitative estimate of drug-likeness (QED) is 0.302. The third-order valence-corrected chi connectivity index (χ3v) is 7.87. The SMILES string of the molecule is COc1cc(/C=C2/SC(N3CCC4(CC3)OCCO4)=NC2=O)ccc1OCc1ccc(C(F)(F)F)cc1C(F)(F)F. The van der Waals surface area contributed by atoms with Crippen LogP contribution in [0.1, 0.15) is 35.1 Å². The maximum Gasteiger partial charge on any atom is 0.416 e. The molecule has 3 heterocycles. The average Bonchev–Trinajstić information content (AvgIpc) is 3.53. The summed E-state index contributed by atoms with van der Waals surface area (Å²) in [5, 5.41) is 0.582. The van der Waals surface area contributed by atoms with E-state index in [2.05, 4.69) is 4.99 Å². The summed E-state index contributed by atoms with van der Waals surface area (Å²) in [6, 6.07) is 5.94. The van der Waals surface area contributed by atoms with Crippen molar-refractivity contribution in [1.29, 1.82) is 0 Å². The molecule has 0 radical (unpaired) electrons. The lowest BCUT2D eigenvalue weighted by molar-refractivity contribution is -0.180. The minimum atomic E-state index is -5.01. The fraction of sp³-hybridized carbons (Fsp3) is 0.407. The van der Waals surface area contributed by atoms with Crippen molar-refractivity contribution in [1.82, 2.24) is 4.90 Å². The second-order valence-electron chi connectivity index (χ2n) is 9.47. The Labute approximate surface area is 235 Å². The third kappa shape index (κ3) is 6.49. The van der Waals surface area contributed by atoms with Gasteiger partial charge in [0.1, 0.15) is 6.61 Å². The first-order valence-corrected chi connectivity index (χ1v) is 13.3. The Kier molecular flexibility index (Phi) is 8.01. The molecule has 7 nitrogen and oxygen atoms in total. The van der Waals surface area contributed by atoms with Crippen molar-refractivity contribution in [2.75, 3.05) is 33.4 Å². The topological polar surface area (TPSA) is 69.6 Å². The molecule has 14 heteroatoms. The van der Waals surface area contributed by atoms with Crippen LogP contribution in [-0.4, -0.2) is 55.2 Å². The van der Waals surface area contributed by atoms with E-state index in [0.717, 1.165) is 6.07 Å². The number of benzene rings is 2. The molecule has 2 saturated heterocycles. The Morgan fingerprint density at radius 1 is 1.00 bits per heavy atom. The van der Waals surface area contributed by atoms with Gasteiger partial charge in [0.25, 0.3) is 5.91 Å². The van der Waals surface area contributed by atoms with Crippen molar-refractivity contribution in [2.45, 2.75) is 37.6 Å². The molecule has 0 unspecified atom stereocenters. The fourth-order valence-corrected chi connectivity index (χ4v) is 5.67. The molecule has 3 aliphatic heterocycles. The van der Waals surface area contributed by atoms with Crippen molar-refractivity contribution in [3.63, 3.8) is 0 Å². The van der Waals surface area contributed by atoms with Crippen LogP contribution in [0.4, 0.5) is 26.3 Å². The van der Waals surface area contributed by atoms with E-state index in [-0.39, 0.29) is 17.6 Å². The van der Waals surface area contributed by atoms with Crippen molar-refractivity contribution in [3.05, 3.63) is 63.6 Å². The zero-order valence-corrected chi connectivity index (χ0v) is 22.4. The lowest BCUT2D eigenvalue weighted by Gasteiger charge is -2.38. The number of rotatable bonds is 5. The lowest BCUT2D eigenvalue weighted by Crippen LogP contribution is -2.46. The minimum absolute atomic E-state index is 0.0655. The van der Waals surface area contributed by atoms with Gasteiger partial charge >= 0.3 is 12.4 Å². The first kappa shape index (κ1) is 29.3. The third-order valence-electron chi connectivity index (χ3n) is 6.83. The van der Waals surface area contributed by atoms with E-state index >= 15 is 0 Å². The molecule has 2 aromatic rings. The summed E-state index contributed by atoms with van der Waals surface area (Å²) in [5.41, 5.74) is -2.76. The summed E-state index contributed by atoms with van der Waals surface area (Å²) in [6.45, 7) is 1.74. The number of amidine groups is 1. The highest BCUT2D eigenvalue weighted by molar-refractivity contribution is 8.18. The maximum atomic E-state index is 13.5. The molecule has 41 heavy (non-hydrogen) atoms. The van der Waals surface area contributed by atoms with E-state index in [1.165, 1.54) is 31.0 Å². The van der Waals surface area contributed by atoms with Crippen LogP contribution < -0.4 is 9.47 Å². The lowest BCUT2D eigenvalue weighted by atomic mass is 10.0.